The number of amides is 2. The molecule has 2 aliphatic heterocycles. The molecule has 0 radical (unpaired) electrons. The van der Waals surface area contributed by atoms with Gasteiger partial charge in [0.1, 0.15) is 23.0 Å². The zero-order valence-electron chi connectivity index (χ0n) is 15.7. The molecule has 2 bridgehead atoms. The van der Waals surface area contributed by atoms with E-state index in [1.807, 2.05) is 19.9 Å². The van der Waals surface area contributed by atoms with E-state index in [0.29, 0.717) is 17.3 Å². The van der Waals surface area contributed by atoms with Crippen molar-refractivity contribution in [3.63, 3.8) is 0 Å². The smallest absolute Gasteiger partial charge is 0.329 e. The fraction of sp³-hybridized carbons (Fsp3) is 0.421. The van der Waals surface area contributed by atoms with Crippen LogP contribution in [0.1, 0.15) is 37.2 Å². The Morgan fingerprint density at radius 3 is 2.93 bits per heavy atom. The van der Waals surface area contributed by atoms with Crippen LogP contribution in [-0.2, 0) is 0 Å². The monoisotopic (exact) mass is 400 g/mol. The van der Waals surface area contributed by atoms with Gasteiger partial charge in [-0.1, -0.05) is 25.4 Å². The quantitative estimate of drug-likeness (QED) is 0.624. The number of fused-ring (bicyclic) bond motifs is 4. The largest absolute Gasteiger partial charge is 0.366 e. The van der Waals surface area contributed by atoms with Crippen LogP contribution in [0.2, 0.25) is 5.15 Å². The third-order valence-electron chi connectivity index (χ3n) is 5.35. The third-order valence-corrected chi connectivity index (χ3v) is 5.56. The molecular weight excluding hydrogens is 380 g/mol. The number of carbonyl (C=O) groups excluding carboxylic acids is 2. The summed E-state index contributed by atoms with van der Waals surface area (Å²) in [5.41, 5.74) is 1.25. The van der Waals surface area contributed by atoms with Gasteiger partial charge in [-0.05, 0) is 25.0 Å². The van der Waals surface area contributed by atoms with Gasteiger partial charge in [-0.2, -0.15) is 0 Å². The highest BCUT2D eigenvalue weighted by Crippen LogP contribution is 2.39. The fourth-order valence-electron chi connectivity index (χ4n) is 3.62. The molecule has 2 unspecified atom stereocenters. The summed E-state index contributed by atoms with van der Waals surface area (Å²) in [6.45, 7) is 5.45. The SMILES string of the molecule is CCC(C)C(=O)c1ccc2c(n1)N(C(=O)Nc1cc(Cl)ncn1)C1CCN2C1. The molecule has 2 atom stereocenters. The molecule has 8 nitrogen and oxygen atoms in total. The van der Waals surface area contributed by atoms with Gasteiger partial charge in [-0.25, -0.2) is 19.7 Å². The lowest BCUT2D eigenvalue weighted by Gasteiger charge is -2.35. The fourth-order valence-corrected chi connectivity index (χ4v) is 3.77. The number of Topliss-reactive ketones (excluding diaryl/α,β-unsaturated/α-hetero) is 1. The summed E-state index contributed by atoms with van der Waals surface area (Å²) in [4.78, 5) is 42.0. The normalized spacial score (nSPS) is 18.6. The minimum absolute atomic E-state index is 0.00809. The Labute approximate surface area is 167 Å². The Morgan fingerprint density at radius 1 is 1.36 bits per heavy atom. The number of urea groups is 1. The predicted molar refractivity (Wildman–Crippen MR) is 107 cm³/mol. The Balaban J connectivity index is 1.69. The molecule has 2 amide bonds. The highest BCUT2D eigenvalue weighted by atomic mass is 35.5. The number of ketones is 1. The van der Waals surface area contributed by atoms with Gasteiger partial charge in [-0.3, -0.25) is 15.0 Å². The molecule has 1 saturated heterocycles. The number of nitrogens with zero attached hydrogens (tertiary/aromatic N) is 5. The summed E-state index contributed by atoms with van der Waals surface area (Å²) in [6, 6.07) is 4.78. The van der Waals surface area contributed by atoms with Crippen LogP contribution in [0.4, 0.5) is 22.1 Å². The first-order valence-electron chi connectivity index (χ1n) is 9.36. The highest BCUT2D eigenvalue weighted by molar-refractivity contribution is 6.29. The average molecular weight is 401 g/mol. The van der Waals surface area contributed by atoms with Crippen molar-refractivity contribution in [3.05, 3.63) is 35.4 Å². The van der Waals surface area contributed by atoms with Crippen LogP contribution in [0.3, 0.4) is 0 Å². The van der Waals surface area contributed by atoms with Gasteiger partial charge in [0.05, 0.1) is 11.7 Å². The van der Waals surface area contributed by atoms with Crippen LogP contribution in [0, 0.1) is 5.92 Å². The number of rotatable bonds is 4. The molecule has 0 spiro atoms. The summed E-state index contributed by atoms with van der Waals surface area (Å²) in [6.07, 6.45) is 2.87. The molecule has 1 fully saturated rings. The number of pyridine rings is 1. The van der Waals surface area contributed by atoms with Crippen molar-refractivity contribution in [2.75, 3.05) is 28.2 Å². The van der Waals surface area contributed by atoms with Crippen LogP contribution < -0.4 is 15.1 Å². The summed E-state index contributed by atoms with van der Waals surface area (Å²) in [5, 5.41) is 3.01. The van der Waals surface area contributed by atoms with Crippen molar-refractivity contribution in [2.24, 2.45) is 5.92 Å². The zero-order valence-corrected chi connectivity index (χ0v) is 16.5. The van der Waals surface area contributed by atoms with E-state index in [-0.39, 0.29) is 28.9 Å². The van der Waals surface area contributed by atoms with E-state index in [2.05, 4.69) is 25.2 Å². The number of hydrogen-bond acceptors (Lipinski definition) is 6. The lowest BCUT2D eigenvalue weighted by Crippen LogP contribution is -2.48. The van der Waals surface area contributed by atoms with Crippen molar-refractivity contribution in [1.29, 1.82) is 0 Å². The van der Waals surface area contributed by atoms with Crippen molar-refractivity contribution in [1.82, 2.24) is 15.0 Å². The van der Waals surface area contributed by atoms with E-state index < -0.39 is 0 Å². The van der Waals surface area contributed by atoms with Gasteiger partial charge in [0, 0.05) is 25.1 Å². The maximum Gasteiger partial charge on any atom is 0.329 e. The molecule has 2 aromatic heterocycles. The second kappa shape index (κ2) is 7.35. The topological polar surface area (TPSA) is 91.3 Å². The van der Waals surface area contributed by atoms with Gasteiger partial charge in [0.25, 0.3) is 0 Å². The summed E-state index contributed by atoms with van der Waals surface area (Å²) in [7, 11) is 0. The second-order valence-corrected chi connectivity index (χ2v) is 7.51. The number of hydrogen-bond donors (Lipinski definition) is 1. The van der Waals surface area contributed by atoms with Crippen LogP contribution in [0.15, 0.2) is 24.5 Å². The van der Waals surface area contributed by atoms with E-state index in [4.69, 9.17) is 11.6 Å². The molecule has 4 rings (SSSR count). The van der Waals surface area contributed by atoms with E-state index in [0.717, 1.165) is 31.6 Å². The van der Waals surface area contributed by atoms with Gasteiger partial charge in [0.15, 0.2) is 11.6 Å². The Hall–Kier alpha value is -2.74. The van der Waals surface area contributed by atoms with E-state index in [1.165, 1.54) is 12.4 Å². The molecule has 146 valence electrons. The Morgan fingerprint density at radius 2 is 2.18 bits per heavy atom. The molecule has 4 heterocycles. The summed E-state index contributed by atoms with van der Waals surface area (Å²) >= 11 is 5.88. The molecule has 0 aromatic carbocycles. The number of aromatic nitrogens is 3. The first-order chi connectivity index (χ1) is 13.5. The van der Waals surface area contributed by atoms with Crippen LogP contribution in [-0.4, -0.2) is 45.9 Å². The van der Waals surface area contributed by atoms with Crippen molar-refractivity contribution < 1.29 is 9.59 Å². The highest BCUT2D eigenvalue weighted by Gasteiger charge is 2.40. The maximum atomic E-state index is 13.1. The minimum atomic E-state index is -0.344. The number of carbonyl (C=O) groups is 2. The van der Waals surface area contributed by atoms with Gasteiger partial charge < -0.3 is 4.90 Å². The summed E-state index contributed by atoms with van der Waals surface area (Å²) in [5.74, 6) is 0.706. The maximum absolute atomic E-state index is 13.1. The van der Waals surface area contributed by atoms with E-state index in [9.17, 15) is 9.59 Å². The lowest BCUT2D eigenvalue weighted by atomic mass is 10.0. The molecule has 0 aliphatic carbocycles. The van der Waals surface area contributed by atoms with Gasteiger partial charge >= 0.3 is 6.03 Å². The molecule has 28 heavy (non-hydrogen) atoms. The molecule has 2 aliphatic rings. The van der Waals surface area contributed by atoms with Crippen LogP contribution in [0.25, 0.3) is 0 Å². The lowest BCUT2D eigenvalue weighted by molar-refractivity contribution is 0.0922. The van der Waals surface area contributed by atoms with Crippen molar-refractivity contribution >= 4 is 40.7 Å². The average Bonchev–Trinajstić information content (AvgIpc) is 3.10. The standard InChI is InChI=1S/C19H21ClN6O2/c1-3-11(2)17(27)13-4-5-14-18(23-13)26(12-6-7-25(14)9-12)19(28)24-16-8-15(20)21-10-22-16/h4-5,8,10-12H,3,6-7,9H2,1-2H3,(H,21,22,24,28). The molecule has 1 N–H and O–H groups in total. The van der Waals surface area contributed by atoms with E-state index in [1.54, 1.807) is 11.0 Å². The van der Waals surface area contributed by atoms with Crippen LogP contribution >= 0.6 is 11.6 Å². The summed E-state index contributed by atoms with van der Waals surface area (Å²) < 4.78 is 0. The predicted octanol–water partition coefficient (Wildman–Crippen LogP) is 3.38. The Bertz CT molecular complexity index is 936. The van der Waals surface area contributed by atoms with Gasteiger partial charge in [-0.15, -0.1) is 0 Å². The molecule has 0 saturated carbocycles. The van der Waals surface area contributed by atoms with Crippen molar-refractivity contribution in [3.8, 4) is 0 Å². The van der Waals surface area contributed by atoms with Crippen LogP contribution in [0.5, 0.6) is 0 Å². The third kappa shape index (κ3) is 3.28. The second-order valence-electron chi connectivity index (χ2n) is 7.13. The molecule has 2 aromatic rings. The number of anilines is 3. The first-order valence-corrected chi connectivity index (χ1v) is 9.73. The van der Waals surface area contributed by atoms with Gasteiger partial charge in [0.2, 0.25) is 0 Å². The van der Waals surface area contributed by atoms with Crippen molar-refractivity contribution in [2.45, 2.75) is 32.7 Å². The number of nitrogens with one attached hydrogen (secondary N) is 1. The first kappa shape index (κ1) is 18.6. The zero-order chi connectivity index (χ0) is 19.8. The van der Waals surface area contributed by atoms with E-state index >= 15 is 0 Å². The molecular formula is C19H21ClN6O2. The minimum Gasteiger partial charge on any atom is -0.366 e. The molecule has 9 heteroatoms. The Kier molecular flexibility index (Phi) is 4.89. The number of halogens is 1.